The molecule has 0 bridgehead atoms. The molecule has 0 fully saturated rings. The van der Waals surface area contributed by atoms with Crippen molar-refractivity contribution in [3.63, 3.8) is 0 Å². The van der Waals surface area contributed by atoms with E-state index in [0.29, 0.717) is 18.9 Å². The van der Waals surface area contributed by atoms with Crippen LogP contribution in [-0.2, 0) is 16.1 Å². The van der Waals surface area contributed by atoms with Crippen LogP contribution < -0.4 is 5.73 Å². The number of esters is 1. The van der Waals surface area contributed by atoms with Gasteiger partial charge in [0.1, 0.15) is 12.6 Å². The van der Waals surface area contributed by atoms with Gasteiger partial charge in [0, 0.05) is 0 Å². The highest BCUT2D eigenvalue weighted by Gasteiger charge is 2.16. The maximum atomic E-state index is 11.5. The Morgan fingerprint density at radius 3 is 2.28 bits per heavy atom. The molecule has 0 heterocycles. The lowest BCUT2D eigenvalue weighted by Gasteiger charge is -2.13. The number of nitrogens with two attached hydrogens (primary N) is 1. The second kappa shape index (κ2) is 9.66. The molecule has 3 heteroatoms. The normalized spacial score (nSPS) is 11.4. The number of hydrogen-bond acceptors (Lipinski definition) is 3. The fraction of sp³-hybridized carbons (Fsp3) is 0.533. The first-order valence-corrected chi connectivity index (χ1v) is 6.55. The average molecular weight is 251 g/mol. The minimum atomic E-state index is -0.510. The summed E-state index contributed by atoms with van der Waals surface area (Å²) in [6, 6.07) is 9.08. The number of carbonyl (C=O) groups excluding carboxylic acids is 1. The van der Waals surface area contributed by atoms with Crippen LogP contribution in [0.1, 0.15) is 39.7 Å². The van der Waals surface area contributed by atoms with Crippen molar-refractivity contribution < 1.29 is 9.53 Å². The van der Waals surface area contributed by atoms with Gasteiger partial charge in [0.05, 0.1) is 0 Å². The van der Waals surface area contributed by atoms with Gasteiger partial charge in [-0.25, -0.2) is 0 Å². The number of carbonyl (C=O) groups is 1. The molecular formula is C15H25NO2. The first kappa shape index (κ1) is 16.6. The molecule has 0 aliphatic carbocycles. The van der Waals surface area contributed by atoms with E-state index in [9.17, 15) is 4.79 Å². The fourth-order valence-corrected chi connectivity index (χ4v) is 1.44. The zero-order chi connectivity index (χ0) is 14.0. The summed E-state index contributed by atoms with van der Waals surface area (Å²) in [6.45, 7) is 8.36. The van der Waals surface area contributed by atoms with Gasteiger partial charge in [-0.1, -0.05) is 58.0 Å². The van der Waals surface area contributed by atoms with Gasteiger partial charge in [-0.15, -0.1) is 0 Å². The van der Waals surface area contributed by atoms with Crippen molar-refractivity contribution in [1.82, 2.24) is 0 Å². The Balaban J connectivity index is 0.00000137. The van der Waals surface area contributed by atoms with E-state index in [-0.39, 0.29) is 5.97 Å². The summed E-state index contributed by atoms with van der Waals surface area (Å²) in [5, 5.41) is 0. The van der Waals surface area contributed by atoms with Crippen LogP contribution >= 0.6 is 0 Å². The first-order valence-electron chi connectivity index (χ1n) is 6.55. The molecule has 0 aliphatic heterocycles. The molecule has 0 saturated heterocycles. The van der Waals surface area contributed by atoms with Gasteiger partial charge < -0.3 is 10.5 Å². The molecule has 0 saturated carbocycles. The Bertz CT molecular complexity index is 323. The van der Waals surface area contributed by atoms with Crippen molar-refractivity contribution >= 4 is 5.97 Å². The van der Waals surface area contributed by atoms with E-state index < -0.39 is 6.04 Å². The lowest BCUT2D eigenvalue weighted by molar-refractivity contribution is -0.146. The first-order chi connectivity index (χ1) is 8.59. The zero-order valence-corrected chi connectivity index (χ0v) is 11.8. The highest BCUT2D eigenvalue weighted by atomic mass is 16.5. The van der Waals surface area contributed by atoms with Gasteiger partial charge in [0.15, 0.2) is 0 Å². The largest absolute Gasteiger partial charge is 0.460 e. The van der Waals surface area contributed by atoms with E-state index in [0.717, 1.165) is 5.56 Å². The van der Waals surface area contributed by atoms with Crippen LogP contribution in [0.3, 0.4) is 0 Å². The number of hydrogen-bond donors (Lipinski definition) is 1. The van der Waals surface area contributed by atoms with Crippen LogP contribution in [0, 0.1) is 5.92 Å². The van der Waals surface area contributed by atoms with Crippen LogP contribution in [0.25, 0.3) is 0 Å². The van der Waals surface area contributed by atoms with Gasteiger partial charge >= 0.3 is 5.97 Å². The number of ether oxygens (including phenoxy) is 1. The predicted octanol–water partition coefficient (Wildman–Crippen LogP) is 3.13. The Hall–Kier alpha value is -1.35. The zero-order valence-electron chi connectivity index (χ0n) is 11.8. The average Bonchev–Trinajstić information content (AvgIpc) is 2.38. The molecule has 102 valence electrons. The lowest BCUT2D eigenvalue weighted by Crippen LogP contribution is -2.33. The van der Waals surface area contributed by atoms with Crippen LogP contribution in [0.2, 0.25) is 0 Å². The van der Waals surface area contributed by atoms with Crippen LogP contribution in [0.15, 0.2) is 30.3 Å². The van der Waals surface area contributed by atoms with E-state index in [4.69, 9.17) is 10.5 Å². The predicted molar refractivity (Wildman–Crippen MR) is 75.0 cm³/mol. The molecule has 0 aliphatic rings. The minimum absolute atomic E-state index is 0.297. The summed E-state index contributed by atoms with van der Waals surface area (Å²) in [5.74, 6) is 0.0804. The third-order valence-electron chi connectivity index (χ3n) is 2.25. The Kier molecular flexibility index (Phi) is 8.93. The molecule has 1 aromatic rings. The molecular weight excluding hydrogens is 226 g/mol. The standard InChI is InChI=1S/C13H19NO2.C2H6/c1-10(2)8-12(14)13(15)16-9-11-6-4-3-5-7-11;1-2/h3-7,10,12H,8-9,14H2,1-2H3;1-2H3. The van der Waals surface area contributed by atoms with Gasteiger partial charge in [0.25, 0.3) is 0 Å². The summed E-state index contributed by atoms with van der Waals surface area (Å²) >= 11 is 0. The Morgan fingerprint density at radius 2 is 1.78 bits per heavy atom. The van der Waals surface area contributed by atoms with Crippen molar-refractivity contribution in [3.8, 4) is 0 Å². The maximum Gasteiger partial charge on any atom is 0.323 e. The second-order valence-corrected chi connectivity index (χ2v) is 4.33. The van der Waals surface area contributed by atoms with Crippen molar-refractivity contribution in [2.24, 2.45) is 11.7 Å². The summed E-state index contributed by atoms with van der Waals surface area (Å²) < 4.78 is 5.13. The van der Waals surface area contributed by atoms with Crippen LogP contribution in [0.5, 0.6) is 0 Å². The van der Waals surface area contributed by atoms with Crippen molar-refractivity contribution in [1.29, 1.82) is 0 Å². The molecule has 0 spiro atoms. The summed E-state index contributed by atoms with van der Waals surface area (Å²) in [4.78, 5) is 11.5. The molecule has 2 N–H and O–H groups in total. The number of rotatable bonds is 5. The molecule has 1 rings (SSSR count). The summed E-state index contributed by atoms with van der Waals surface area (Å²) in [7, 11) is 0. The monoisotopic (exact) mass is 251 g/mol. The van der Waals surface area contributed by atoms with Gasteiger partial charge in [-0.2, -0.15) is 0 Å². The van der Waals surface area contributed by atoms with Gasteiger partial charge in [0.2, 0.25) is 0 Å². The Labute approximate surface area is 110 Å². The fourth-order valence-electron chi connectivity index (χ4n) is 1.44. The maximum absolute atomic E-state index is 11.5. The van der Waals surface area contributed by atoms with Crippen molar-refractivity contribution in [2.75, 3.05) is 0 Å². The van der Waals surface area contributed by atoms with E-state index >= 15 is 0 Å². The van der Waals surface area contributed by atoms with Crippen molar-refractivity contribution in [3.05, 3.63) is 35.9 Å². The quantitative estimate of drug-likeness (QED) is 0.818. The van der Waals surface area contributed by atoms with Crippen LogP contribution in [0.4, 0.5) is 0 Å². The molecule has 1 aromatic carbocycles. The van der Waals surface area contributed by atoms with E-state index in [1.165, 1.54) is 0 Å². The summed E-state index contributed by atoms with van der Waals surface area (Å²) in [5.41, 5.74) is 6.69. The van der Waals surface area contributed by atoms with E-state index in [1.807, 2.05) is 58.0 Å². The lowest BCUT2D eigenvalue weighted by atomic mass is 10.1. The van der Waals surface area contributed by atoms with E-state index in [2.05, 4.69) is 0 Å². The van der Waals surface area contributed by atoms with Gasteiger partial charge in [-0.3, -0.25) is 4.79 Å². The molecule has 18 heavy (non-hydrogen) atoms. The summed E-state index contributed by atoms with van der Waals surface area (Å²) in [6.07, 6.45) is 0.660. The minimum Gasteiger partial charge on any atom is -0.460 e. The third-order valence-corrected chi connectivity index (χ3v) is 2.25. The second-order valence-electron chi connectivity index (χ2n) is 4.33. The van der Waals surface area contributed by atoms with Crippen LogP contribution in [-0.4, -0.2) is 12.0 Å². The molecule has 0 aromatic heterocycles. The SMILES string of the molecule is CC.CC(C)CC(N)C(=O)OCc1ccccc1. The molecule has 3 nitrogen and oxygen atoms in total. The number of benzene rings is 1. The highest BCUT2D eigenvalue weighted by Crippen LogP contribution is 2.06. The molecule has 0 radical (unpaired) electrons. The van der Waals surface area contributed by atoms with E-state index in [1.54, 1.807) is 0 Å². The topological polar surface area (TPSA) is 52.3 Å². The molecule has 1 unspecified atom stereocenters. The highest BCUT2D eigenvalue weighted by molar-refractivity contribution is 5.75. The molecule has 1 atom stereocenters. The Morgan fingerprint density at radius 1 is 1.22 bits per heavy atom. The van der Waals surface area contributed by atoms with Crippen molar-refractivity contribution in [2.45, 2.75) is 46.8 Å². The smallest absolute Gasteiger partial charge is 0.323 e. The third kappa shape index (κ3) is 7.07. The van der Waals surface area contributed by atoms with Gasteiger partial charge in [-0.05, 0) is 17.9 Å². The molecule has 0 amide bonds.